The van der Waals surface area contributed by atoms with Gasteiger partial charge in [-0.1, -0.05) is 56.1 Å². The second-order valence-corrected chi connectivity index (χ2v) is 9.16. The van der Waals surface area contributed by atoms with E-state index in [9.17, 15) is 10.2 Å². The van der Waals surface area contributed by atoms with E-state index in [0.717, 1.165) is 57.3 Å². The Morgan fingerprint density at radius 1 is 1.20 bits per heavy atom. The first kappa shape index (κ1) is 23.0. The van der Waals surface area contributed by atoms with Crippen LogP contribution >= 0.6 is 0 Å². The van der Waals surface area contributed by atoms with Crippen LogP contribution in [0.15, 0.2) is 48.2 Å². The van der Waals surface area contributed by atoms with Crippen LogP contribution in [0.1, 0.15) is 71.1 Å². The van der Waals surface area contributed by atoms with Crippen molar-refractivity contribution >= 4 is 5.82 Å². The Hall–Kier alpha value is -1.65. The maximum Gasteiger partial charge on any atom is 0.125 e. The van der Waals surface area contributed by atoms with Crippen molar-refractivity contribution in [3.8, 4) is 0 Å². The van der Waals surface area contributed by atoms with Gasteiger partial charge < -0.3 is 15.5 Å². The number of unbranched alkanes of at least 4 members (excludes halogenated alkanes) is 4. The van der Waals surface area contributed by atoms with Crippen LogP contribution in [0.3, 0.4) is 0 Å². The average Bonchev–Trinajstić information content (AvgIpc) is 3.26. The Kier molecular flexibility index (Phi) is 9.41. The number of aliphatic hydroxyl groups is 2. The second-order valence-electron chi connectivity index (χ2n) is 9.16. The summed E-state index contributed by atoms with van der Waals surface area (Å²) in [5, 5.41) is 24.1. The largest absolute Gasteiger partial charge is 0.392 e. The van der Waals surface area contributed by atoms with Crippen molar-refractivity contribution in [1.29, 1.82) is 0 Å². The molecular formula is C26H40N2O2. The summed E-state index contributed by atoms with van der Waals surface area (Å²) in [6.45, 7) is 3.15. The number of fused-ring (bicyclic) bond motifs is 1. The number of aromatic nitrogens is 1. The fourth-order valence-electron chi connectivity index (χ4n) is 5.16. The van der Waals surface area contributed by atoms with Gasteiger partial charge in [0.25, 0.3) is 0 Å². The lowest BCUT2D eigenvalue weighted by Gasteiger charge is -2.17. The van der Waals surface area contributed by atoms with E-state index in [2.05, 4.69) is 29.4 Å². The highest BCUT2D eigenvalue weighted by atomic mass is 16.3. The number of aliphatic hydroxyl groups excluding tert-OH is 2. The van der Waals surface area contributed by atoms with E-state index in [1.165, 1.54) is 19.3 Å². The molecule has 0 unspecified atom stereocenters. The first-order valence-corrected chi connectivity index (χ1v) is 12.0. The summed E-state index contributed by atoms with van der Waals surface area (Å²) in [4.78, 5) is 4.28. The molecule has 30 heavy (non-hydrogen) atoms. The molecule has 3 rings (SSSR count). The Labute approximate surface area is 182 Å². The molecule has 2 aliphatic carbocycles. The molecule has 4 nitrogen and oxygen atoms in total. The van der Waals surface area contributed by atoms with E-state index in [4.69, 9.17) is 0 Å². The molecule has 0 saturated heterocycles. The van der Waals surface area contributed by atoms with Crippen molar-refractivity contribution in [1.82, 2.24) is 4.98 Å². The topological polar surface area (TPSA) is 65.4 Å². The van der Waals surface area contributed by atoms with E-state index in [0.29, 0.717) is 11.8 Å². The fraction of sp³-hybridized carbons (Fsp3) is 0.654. The third kappa shape index (κ3) is 6.95. The zero-order valence-electron chi connectivity index (χ0n) is 18.5. The molecule has 0 radical (unpaired) electrons. The van der Waals surface area contributed by atoms with Crippen LogP contribution in [0.5, 0.6) is 0 Å². The second kappa shape index (κ2) is 12.3. The van der Waals surface area contributed by atoms with Crippen molar-refractivity contribution in [2.24, 2.45) is 17.8 Å². The Bertz CT molecular complexity index is 673. The standard InChI is InChI=1S/C26H40N2O2/c1-2-3-5-11-22(29)13-14-23-24-18-20(17-21(24)19-25(23)30)10-6-4-8-15-27-26-12-7-9-16-28-26/h7,9-10,12-14,16,21-25,29-30H,2-6,8,11,15,17-19H2,1H3,(H,27,28)/t21-,22-,23+,24-,25+/m0/s1. The van der Waals surface area contributed by atoms with Gasteiger partial charge in [-0.3, -0.25) is 0 Å². The van der Waals surface area contributed by atoms with Crippen molar-refractivity contribution in [3.63, 3.8) is 0 Å². The predicted molar refractivity (Wildman–Crippen MR) is 124 cm³/mol. The van der Waals surface area contributed by atoms with E-state index in [1.54, 1.807) is 5.57 Å². The molecule has 0 aromatic carbocycles. The van der Waals surface area contributed by atoms with Gasteiger partial charge in [0.1, 0.15) is 5.82 Å². The first-order chi connectivity index (χ1) is 14.7. The van der Waals surface area contributed by atoms with Gasteiger partial charge in [0.05, 0.1) is 12.2 Å². The molecule has 2 fully saturated rings. The van der Waals surface area contributed by atoms with Crippen LogP contribution in [0.4, 0.5) is 5.82 Å². The predicted octanol–water partition coefficient (Wildman–Crippen LogP) is 5.49. The van der Waals surface area contributed by atoms with Crippen LogP contribution in [0, 0.1) is 17.8 Å². The lowest BCUT2D eigenvalue weighted by Crippen LogP contribution is -2.17. The molecule has 0 aliphatic heterocycles. The summed E-state index contributed by atoms with van der Waals surface area (Å²) in [5.74, 6) is 2.33. The van der Waals surface area contributed by atoms with E-state index >= 15 is 0 Å². The number of hydrogen-bond acceptors (Lipinski definition) is 4. The van der Waals surface area contributed by atoms with E-state index in [1.807, 2.05) is 30.5 Å². The third-order valence-electron chi connectivity index (χ3n) is 6.80. The van der Waals surface area contributed by atoms with Crippen LogP contribution in [-0.4, -0.2) is 33.9 Å². The van der Waals surface area contributed by atoms with E-state index < -0.39 is 0 Å². The number of pyridine rings is 1. The fourth-order valence-corrected chi connectivity index (χ4v) is 5.16. The van der Waals surface area contributed by atoms with E-state index in [-0.39, 0.29) is 18.1 Å². The minimum absolute atomic E-state index is 0.212. The summed E-state index contributed by atoms with van der Waals surface area (Å²) in [6, 6.07) is 5.94. The van der Waals surface area contributed by atoms with Crippen molar-refractivity contribution in [2.45, 2.75) is 83.3 Å². The maximum atomic E-state index is 10.5. The highest BCUT2D eigenvalue weighted by Crippen LogP contribution is 2.50. The van der Waals surface area contributed by atoms with Crippen LogP contribution < -0.4 is 5.32 Å². The summed E-state index contributed by atoms with van der Waals surface area (Å²) >= 11 is 0. The molecule has 0 bridgehead atoms. The zero-order valence-corrected chi connectivity index (χ0v) is 18.5. The number of allylic oxidation sites excluding steroid dienone is 2. The molecule has 4 heteroatoms. The smallest absolute Gasteiger partial charge is 0.125 e. The lowest BCUT2D eigenvalue weighted by atomic mass is 9.90. The molecule has 166 valence electrons. The average molecular weight is 413 g/mol. The number of hydrogen-bond donors (Lipinski definition) is 3. The van der Waals surface area contributed by atoms with Crippen molar-refractivity contribution in [2.75, 3.05) is 11.9 Å². The number of nitrogens with one attached hydrogen (secondary N) is 1. The molecule has 2 saturated carbocycles. The molecule has 1 aromatic heterocycles. The Balaban J connectivity index is 1.37. The molecule has 0 amide bonds. The Morgan fingerprint density at radius 2 is 2.10 bits per heavy atom. The van der Waals surface area contributed by atoms with Gasteiger partial charge in [0, 0.05) is 18.7 Å². The lowest BCUT2D eigenvalue weighted by molar-refractivity contribution is 0.139. The van der Waals surface area contributed by atoms with Gasteiger partial charge in [-0.2, -0.15) is 0 Å². The highest BCUT2D eigenvalue weighted by Gasteiger charge is 2.44. The Morgan fingerprint density at radius 3 is 2.90 bits per heavy atom. The van der Waals surface area contributed by atoms with Gasteiger partial charge in [0.2, 0.25) is 0 Å². The molecule has 1 aromatic rings. The third-order valence-corrected chi connectivity index (χ3v) is 6.80. The number of rotatable bonds is 12. The van der Waals surface area contributed by atoms with Crippen molar-refractivity contribution < 1.29 is 10.2 Å². The molecule has 0 spiro atoms. The van der Waals surface area contributed by atoms with Gasteiger partial charge in [0.15, 0.2) is 0 Å². The van der Waals surface area contributed by atoms with Crippen LogP contribution in [0.2, 0.25) is 0 Å². The quantitative estimate of drug-likeness (QED) is 0.313. The molecular weight excluding hydrogens is 372 g/mol. The van der Waals surface area contributed by atoms with Crippen molar-refractivity contribution in [3.05, 3.63) is 48.2 Å². The molecule has 5 atom stereocenters. The van der Waals surface area contributed by atoms with Gasteiger partial charge >= 0.3 is 0 Å². The summed E-state index contributed by atoms with van der Waals surface area (Å²) < 4.78 is 0. The summed E-state index contributed by atoms with van der Waals surface area (Å²) in [7, 11) is 0. The molecule has 1 heterocycles. The molecule has 3 N–H and O–H groups in total. The van der Waals surface area contributed by atoms with Crippen LogP contribution in [0.25, 0.3) is 0 Å². The SMILES string of the molecule is CCCCC[C@H](O)C=C[C@@H]1[C@H]2CC(=CCCCCNc3ccccn3)C[C@H]2C[C@H]1O. The highest BCUT2D eigenvalue weighted by molar-refractivity contribution is 5.32. The minimum Gasteiger partial charge on any atom is -0.392 e. The molecule has 2 aliphatic rings. The van der Waals surface area contributed by atoms with Gasteiger partial charge in [-0.15, -0.1) is 0 Å². The number of anilines is 1. The minimum atomic E-state index is -0.362. The number of nitrogens with zero attached hydrogens (tertiary/aromatic N) is 1. The van der Waals surface area contributed by atoms with Gasteiger partial charge in [-0.05, 0) is 68.9 Å². The first-order valence-electron chi connectivity index (χ1n) is 12.0. The monoisotopic (exact) mass is 412 g/mol. The summed E-state index contributed by atoms with van der Waals surface area (Å²) in [5.41, 5.74) is 1.58. The maximum absolute atomic E-state index is 10.5. The van der Waals surface area contributed by atoms with Gasteiger partial charge in [-0.25, -0.2) is 4.98 Å². The van der Waals surface area contributed by atoms with Crippen LogP contribution in [-0.2, 0) is 0 Å². The summed E-state index contributed by atoms with van der Waals surface area (Å²) in [6.07, 6.45) is 18.7. The zero-order chi connectivity index (χ0) is 21.2. The normalized spacial score (nSPS) is 28.3.